The average molecular weight is 417 g/mol. The van der Waals surface area contributed by atoms with Crippen LogP contribution in [-0.2, 0) is 19.5 Å². The number of nitrogens with zero attached hydrogens (tertiary/aromatic N) is 4. The minimum absolute atomic E-state index is 0.0748. The van der Waals surface area contributed by atoms with Gasteiger partial charge in [-0.3, -0.25) is 4.79 Å². The van der Waals surface area contributed by atoms with E-state index in [4.69, 9.17) is 15.7 Å². The summed E-state index contributed by atoms with van der Waals surface area (Å²) in [5.41, 5.74) is 8.92. The lowest BCUT2D eigenvalue weighted by molar-refractivity contribution is 0.100. The maximum atomic E-state index is 14.2. The molecule has 0 radical (unpaired) electrons. The number of halogens is 1. The van der Waals surface area contributed by atoms with Crippen LogP contribution in [-0.4, -0.2) is 32.2 Å². The molecule has 0 fully saturated rings. The summed E-state index contributed by atoms with van der Waals surface area (Å²) in [6.45, 7) is 2.07. The summed E-state index contributed by atoms with van der Waals surface area (Å²) < 4.78 is 15.6. The Morgan fingerprint density at radius 1 is 1.23 bits per heavy atom. The Balaban J connectivity index is 1.61. The fraction of sp³-hybridized carbons (Fsp3) is 0.182. The van der Waals surface area contributed by atoms with Gasteiger partial charge < -0.3 is 16.4 Å². The molecule has 1 aliphatic rings. The van der Waals surface area contributed by atoms with E-state index in [0.29, 0.717) is 35.8 Å². The van der Waals surface area contributed by atoms with Gasteiger partial charge in [0.15, 0.2) is 0 Å². The molecule has 0 unspecified atom stereocenters. The van der Waals surface area contributed by atoms with E-state index in [1.807, 2.05) is 30.3 Å². The van der Waals surface area contributed by atoms with E-state index in [-0.39, 0.29) is 5.56 Å². The van der Waals surface area contributed by atoms with E-state index >= 15 is 0 Å². The Morgan fingerprint density at radius 3 is 2.87 bits per heavy atom. The molecule has 3 heterocycles. The number of carbonyl (C=O) groups is 1. The second-order valence-corrected chi connectivity index (χ2v) is 7.37. The van der Waals surface area contributed by atoms with Crippen molar-refractivity contribution in [3.8, 4) is 5.95 Å². The number of hydrogen-bond donors (Lipinski definition) is 3. The summed E-state index contributed by atoms with van der Waals surface area (Å²) in [5.74, 6) is -0.280. The fourth-order valence-electron chi connectivity index (χ4n) is 3.81. The number of rotatable bonds is 5. The molecule has 4 aromatic rings. The van der Waals surface area contributed by atoms with Gasteiger partial charge in [-0.25, -0.2) is 9.37 Å². The minimum Gasteiger partial charge on any atom is -0.366 e. The lowest BCUT2D eigenvalue weighted by atomic mass is 10.1. The molecule has 2 aromatic heterocycles. The number of nitrogens with two attached hydrogens (primary N) is 1. The fourth-order valence-corrected chi connectivity index (χ4v) is 3.81. The van der Waals surface area contributed by atoms with Gasteiger partial charge in [0.05, 0.1) is 23.0 Å². The monoisotopic (exact) mass is 417 g/mol. The van der Waals surface area contributed by atoms with Crippen molar-refractivity contribution < 1.29 is 9.18 Å². The molecule has 0 atom stereocenters. The van der Waals surface area contributed by atoms with Crippen LogP contribution in [0.15, 0.2) is 48.7 Å². The molecule has 2 aromatic carbocycles. The smallest absolute Gasteiger partial charge is 0.253 e. The van der Waals surface area contributed by atoms with Crippen LogP contribution in [0.4, 0.5) is 10.2 Å². The van der Waals surface area contributed by atoms with Crippen molar-refractivity contribution >= 4 is 22.6 Å². The Hall–Kier alpha value is -3.85. The standard InChI is InChI=1S/C22H20FN7O/c23-14-8-15(20(24)31)16-12-27-30(19(16)9-14)22-28-18-6-7-25-11-17(18)21(29-22)26-10-13-4-2-1-3-5-13/h1-5,8-9,12,25H,6-7,10-11H2,(H2,24,31)(H,26,28,29). The van der Waals surface area contributed by atoms with Crippen LogP contribution in [0.25, 0.3) is 16.9 Å². The molecule has 1 amide bonds. The van der Waals surface area contributed by atoms with Crippen LogP contribution in [0.2, 0.25) is 0 Å². The number of amides is 1. The molecule has 0 saturated carbocycles. The number of fused-ring (bicyclic) bond motifs is 2. The van der Waals surface area contributed by atoms with E-state index in [2.05, 4.69) is 15.7 Å². The Bertz CT molecular complexity index is 1290. The third kappa shape index (κ3) is 3.59. The second kappa shape index (κ2) is 7.77. The summed E-state index contributed by atoms with van der Waals surface area (Å²) in [6.07, 6.45) is 2.22. The zero-order valence-electron chi connectivity index (χ0n) is 16.6. The van der Waals surface area contributed by atoms with Crippen molar-refractivity contribution in [3.63, 3.8) is 0 Å². The van der Waals surface area contributed by atoms with Gasteiger partial charge in [0.1, 0.15) is 11.6 Å². The zero-order valence-corrected chi connectivity index (χ0v) is 16.6. The highest BCUT2D eigenvalue weighted by molar-refractivity contribution is 6.05. The molecular formula is C22H20FN7O. The highest BCUT2D eigenvalue weighted by Crippen LogP contribution is 2.26. The zero-order chi connectivity index (χ0) is 21.4. The predicted octanol–water partition coefficient (Wildman–Crippen LogP) is 2.31. The molecule has 8 nitrogen and oxygen atoms in total. The summed E-state index contributed by atoms with van der Waals surface area (Å²) in [4.78, 5) is 21.1. The number of benzene rings is 2. The van der Waals surface area contributed by atoms with Crippen molar-refractivity contribution in [2.75, 3.05) is 11.9 Å². The molecule has 156 valence electrons. The molecule has 4 N–H and O–H groups in total. The third-order valence-electron chi connectivity index (χ3n) is 5.33. The van der Waals surface area contributed by atoms with Crippen LogP contribution in [0.1, 0.15) is 27.2 Å². The van der Waals surface area contributed by atoms with E-state index in [1.165, 1.54) is 16.9 Å². The predicted molar refractivity (Wildman–Crippen MR) is 114 cm³/mol. The summed E-state index contributed by atoms with van der Waals surface area (Å²) >= 11 is 0. The van der Waals surface area contributed by atoms with E-state index < -0.39 is 11.7 Å². The third-order valence-corrected chi connectivity index (χ3v) is 5.33. The van der Waals surface area contributed by atoms with Crippen LogP contribution in [0.5, 0.6) is 0 Å². The molecule has 5 rings (SSSR count). The van der Waals surface area contributed by atoms with Gasteiger partial charge in [-0.05, 0) is 11.6 Å². The van der Waals surface area contributed by atoms with E-state index in [1.54, 1.807) is 0 Å². The van der Waals surface area contributed by atoms with E-state index in [9.17, 15) is 9.18 Å². The first-order valence-electron chi connectivity index (χ1n) is 9.96. The van der Waals surface area contributed by atoms with Crippen LogP contribution in [0.3, 0.4) is 0 Å². The first kappa shape index (κ1) is 19.1. The largest absolute Gasteiger partial charge is 0.366 e. The Kier molecular flexibility index (Phi) is 4.79. The molecule has 0 saturated heterocycles. The van der Waals surface area contributed by atoms with Gasteiger partial charge in [-0.1, -0.05) is 30.3 Å². The molecular weight excluding hydrogens is 397 g/mol. The Morgan fingerprint density at radius 2 is 2.06 bits per heavy atom. The molecule has 1 aliphatic heterocycles. The number of nitrogens with one attached hydrogen (secondary N) is 2. The minimum atomic E-state index is -0.716. The maximum absolute atomic E-state index is 14.2. The summed E-state index contributed by atoms with van der Waals surface area (Å²) in [7, 11) is 0. The van der Waals surface area contributed by atoms with E-state index in [0.717, 1.165) is 35.9 Å². The second-order valence-electron chi connectivity index (χ2n) is 7.37. The highest BCUT2D eigenvalue weighted by Gasteiger charge is 2.21. The first-order chi connectivity index (χ1) is 15.1. The van der Waals surface area contributed by atoms with Crippen molar-refractivity contribution in [3.05, 3.63) is 76.9 Å². The molecule has 31 heavy (non-hydrogen) atoms. The van der Waals surface area contributed by atoms with Crippen LogP contribution in [0, 0.1) is 5.82 Å². The van der Waals surface area contributed by atoms with Crippen molar-refractivity contribution in [1.29, 1.82) is 0 Å². The van der Waals surface area contributed by atoms with Crippen LogP contribution < -0.4 is 16.4 Å². The highest BCUT2D eigenvalue weighted by atomic mass is 19.1. The summed E-state index contributed by atoms with van der Waals surface area (Å²) in [6, 6.07) is 12.4. The quantitative estimate of drug-likeness (QED) is 0.460. The molecule has 9 heteroatoms. The molecule has 0 aliphatic carbocycles. The number of primary amides is 1. The summed E-state index contributed by atoms with van der Waals surface area (Å²) in [5, 5.41) is 11.5. The van der Waals surface area contributed by atoms with Gasteiger partial charge >= 0.3 is 0 Å². The van der Waals surface area contributed by atoms with Crippen LogP contribution >= 0.6 is 0 Å². The average Bonchev–Trinajstić information content (AvgIpc) is 3.21. The van der Waals surface area contributed by atoms with Crippen molar-refractivity contribution in [1.82, 2.24) is 25.1 Å². The van der Waals surface area contributed by atoms with Gasteiger partial charge in [0.2, 0.25) is 5.91 Å². The van der Waals surface area contributed by atoms with Crippen molar-refractivity contribution in [2.24, 2.45) is 5.73 Å². The van der Waals surface area contributed by atoms with Gasteiger partial charge in [-0.2, -0.15) is 14.8 Å². The lowest BCUT2D eigenvalue weighted by Crippen LogP contribution is -2.27. The van der Waals surface area contributed by atoms with Gasteiger partial charge in [-0.15, -0.1) is 0 Å². The topological polar surface area (TPSA) is 111 Å². The van der Waals surface area contributed by atoms with Gasteiger partial charge in [0, 0.05) is 43.1 Å². The molecule has 0 bridgehead atoms. The number of aromatic nitrogens is 4. The maximum Gasteiger partial charge on any atom is 0.253 e. The SMILES string of the molecule is NC(=O)c1cc(F)cc2c1cnn2-c1nc2c(c(NCc3ccccc3)n1)CNCC2. The van der Waals surface area contributed by atoms with Crippen molar-refractivity contribution in [2.45, 2.75) is 19.5 Å². The molecule has 0 spiro atoms. The number of carbonyl (C=O) groups excluding carboxylic acids is 1. The Labute approximate surface area is 177 Å². The normalized spacial score (nSPS) is 13.2. The number of hydrogen-bond acceptors (Lipinski definition) is 6. The number of anilines is 1. The lowest BCUT2D eigenvalue weighted by Gasteiger charge is -2.21. The van der Waals surface area contributed by atoms with Gasteiger partial charge in [0.25, 0.3) is 5.95 Å². The first-order valence-corrected chi connectivity index (χ1v) is 9.96.